The molecule has 0 saturated heterocycles. The van der Waals surface area contributed by atoms with Crippen molar-refractivity contribution >= 4 is 40.1 Å². The summed E-state index contributed by atoms with van der Waals surface area (Å²) in [5, 5.41) is 7.81. The summed E-state index contributed by atoms with van der Waals surface area (Å²) < 4.78 is 26.4. The molecule has 8 nitrogen and oxygen atoms in total. The summed E-state index contributed by atoms with van der Waals surface area (Å²) in [5.41, 5.74) is 5.08. The first-order valence-corrected chi connectivity index (χ1v) is 16.1. The second kappa shape index (κ2) is 15.7. The quantitative estimate of drug-likeness (QED) is 0.118. The van der Waals surface area contributed by atoms with Crippen LogP contribution in [0.25, 0.3) is 33.6 Å². The van der Waals surface area contributed by atoms with Gasteiger partial charge in [0.25, 0.3) is 0 Å². The first-order valence-electron chi connectivity index (χ1n) is 15.7. The standard InChI is InChI=1S/C39H35ClFN5O3/c1-46(2)20-8-15-34(47)44-32-14-7-12-29(22-32)35-36-38(42-25-43-39(36)49-37(35)28-10-4-3-5-11-28)45-33(27-16-18-30(40)19-17-27)24-48-23-26-9-6-13-31(41)21-26/h3-19,21-22,25,33H,20,23-24H2,1-2H3,(H,44,47)(H,42,43,45). The van der Waals surface area contributed by atoms with Gasteiger partial charge in [0.15, 0.2) is 0 Å². The van der Waals surface area contributed by atoms with Crippen LogP contribution >= 0.6 is 11.6 Å². The molecule has 0 saturated carbocycles. The third kappa shape index (κ3) is 8.58. The van der Waals surface area contributed by atoms with Crippen LogP contribution in [0.5, 0.6) is 0 Å². The molecule has 2 heterocycles. The van der Waals surface area contributed by atoms with Crippen LogP contribution in [0.4, 0.5) is 15.9 Å². The zero-order chi connectivity index (χ0) is 34.2. The van der Waals surface area contributed by atoms with Gasteiger partial charge < -0.3 is 24.7 Å². The lowest BCUT2D eigenvalue weighted by atomic mass is 9.98. The van der Waals surface area contributed by atoms with Crippen LogP contribution in [0.3, 0.4) is 0 Å². The zero-order valence-electron chi connectivity index (χ0n) is 27.1. The number of benzene rings is 4. The maximum Gasteiger partial charge on any atom is 0.248 e. The number of nitrogens with zero attached hydrogens (tertiary/aromatic N) is 3. The smallest absolute Gasteiger partial charge is 0.248 e. The number of likely N-dealkylation sites (N-methyl/N-ethyl adjacent to an activating group) is 1. The van der Waals surface area contributed by atoms with Crippen molar-refractivity contribution in [3.63, 3.8) is 0 Å². The van der Waals surface area contributed by atoms with Crippen LogP contribution in [0, 0.1) is 5.82 Å². The summed E-state index contributed by atoms with van der Waals surface area (Å²) >= 11 is 6.23. The minimum Gasteiger partial charge on any atom is -0.437 e. The summed E-state index contributed by atoms with van der Waals surface area (Å²) in [6, 6.07) is 30.8. The molecule has 2 N–H and O–H groups in total. The molecule has 0 aliphatic carbocycles. The van der Waals surface area contributed by atoms with Gasteiger partial charge in [-0.05, 0) is 67.2 Å². The summed E-state index contributed by atoms with van der Waals surface area (Å²) in [6.45, 7) is 1.11. The second-order valence-electron chi connectivity index (χ2n) is 11.7. The SMILES string of the molecule is CN(C)CC=CC(=O)Nc1cccc(-c2c(-c3ccccc3)oc3ncnc(NC(COCc4cccc(F)c4)c4ccc(Cl)cc4)c23)c1. The molecule has 0 bridgehead atoms. The highest BCUT2D eigenvalue weighted by Gasteiger charge is 2.24. The van der Waals surface area contributed by atoms with Gasteiger partial charge >= 0.3 is 0 Å². The number of amides is 1. The molecular formula is C39H35ClFN5O3. The maximum atomic E-state index is 13.8. The van der Waals surface area contributed by atoms with E-state index in [1.807, 2.05) is 110 Å². The number of aromatic nitrogens is 2. The Hall–Kier alpha value is -5.35. The van der Waals surface area contributed by atoms with E-state index in [1.165, 1.54) is 24.5 Å². The van der Waals surface area contributed by atoms with Crippen LogP contribution in [0.2, 0.25) is 5.02 Å². The normalized spacial score (nSPS) is 12.1. The molecule has 4 aromatic carbocycles. The van der Waals surface area contributed by atoms with Gasteiger partial charge in [-0.2, -0.15) is 0 Å². The lowest BCUT2D eigenvalue weighted by Crippen LogP contribution is -2.18. The third-order valence-electron chi connectivity index (χ3n) is 7.71. The highest BCUT2D eigenvalue weighted by Crippen LogP contribution is 2.43. The van der Waals surface area contributed by atoms with E-state index in [9.17, 15) is 9.18 Å². The van der Waals surface area contributed by atoms with Crippen LogP contribution in [-0.4, -0.2) is 48.0 Å². The molecule has 0 radical (unpaired) electrons. The number of fused-ring (bicyclic) bond motifs is 1. The van der Waals surface area contributed by atoms with E-state index in [2.05, 4.69) is 20.6 Å². The lowest BCUT2D eigenvalue weighted by molar-refractivity contribution is -0.111. The van der Waals surface area contributed by atoms with Crippen molar-refractivity contribution in [1.82, 2.24) is 14.9 Å². The Labute approximate surface area is 289 Å². The first-order chi connectivity index (χ1) is 23.8. The summed E-state index contributed by atoms with van der Waals surface area (Å²) in [4.78, 5) is 23.9. The van der Waals surface area contributed by atoms with E-state index in [-0.39, 0.29) is 31.0 Å². The Balaban J connectivity index is 1.39. The van der Waals surface area contributed by atoms with Crippen molar-refractivity contribution in [3.8, 4) is 22.5 Å². The zero-order valence-corrected chi connectivity index (χ0v) is 27.8. The van der Waals surface area contributed by atoms with Crippen LogP contribution in [0.1, 0.15) is 17.2 Å². The number of nitrogens with one attached hydrogen (secondary N) is 2. The fourth-order valence-electron chi connectivity index (χ4n) is 5.42. The number of hydrogen-bond acceptors (Lipinski definition) is 7. The van der Waals surface area contributed by atoms with Gasteiger partial charge in [-0.3, -0.25) is 4.79 Å². The molecule has 10 heteroatoms. The minimum absolute atomic E-state index is 0.223. The van der Waals surface area contributed by atoms with Gasteiger partial charge in [-0.1, -0.05) is 84.4 Å². The van der Waals surface area contributed by atoms with Crippen LogP contribution < -0.4 is 10.6 Å². The number of halogens is 2. The molecule has 0 aliphatic rings. The Morgan fingerprint density at radius 3 is 2.51 bits per heavy atom. The Morgan fingerprint density at radius 2 is 1.73 bits per heavy atom. The molecule has 0 fully saturated rings. The molecule has 1 amide bonds. The van der Waals surface area contributed by atoms with Crippen molar-refractivity contribution in [2.75, 3.05) is 37.9 Å². The van der Waals surface area contributed by atoms with Gasteiger partial charge in [-0.15, -0.1) is 0 Å². The first kappa shape index (κ1) is 33.5. The van der Waals surface area contributed by atoms with E-state index in [0.29, 0.717) is 39.9 Å². The second-order valence-corrected chi connectivity index (χ2v) is 12.1. The predicted octanol–water partition coefficient (Wildman–Crippen LogP) is 8.78. The van der Waals surface area contributed by atoms with Gasteiger partial charge in [0, 0.05) is 34.5 Å². The maximum absolute atomic E-state index is 13.8. The fourth-order valence-corrected chi connectivity index (χ4v) is 5.55. The average Bonchev–Trinajstić information content (AvgIpc) is 3.49. The van der Waals surface area contributed by atoms with E-state index >= 15 is 0 Å². The number of furan rings is 1. The molecule has 0 spiro atoms. The molecule has 1 atom stereocenters. The largest absolute Gasteiger partial charge is 0.437 e. The predicted molar refractivity (Wildman–Crippen MR) is 193 cm³/mol. The van der Waals surface area contributed by atoms with E-state index < -0.39 is 0 Å². The number of anilines is 2. The van der Waals surface area contributed by atoms with Crippen LogP contribution in [-0.2, 0) is 16.1 Å². The summed E-state index contributed by atoms with van der Waals surface area (Å²) in [5.74, 6) is 0.595. The van der Waals surface area contributed by atoms with E-state index in [4.69, 9.17) is 20.8 Å². The highest BCUT2D eigenvalue weighted by molar-refractivity contribution is 6.30. The Kier molecular flexibility index (Phi) is 10.7. The fraction of sp³-hybridized carbons (Fsp3) is 0.154. The molecule has 49 heavy (non-hydrogen) atoms. The molecule has 6 aromatic rings. The molecule has 248 valence electrons. The van der Waals surface area contributed by atoms with Gasteiger partial charge in [0.1, 0.15) is 23.7 Å². The summed E-state index contributed by atoms with van der Waals surface area (Å²) in [6.07, 6.45) is 4.79. The monoisotopic (exact) mass is 675 g/mol. The van der Waals surface area contributed by atoms with E-state index in [1.54, 1.807) is 6.07 Å². The Bertz CT molecular complexity index is 2070. The van der Waals surface area contributed by atoms with Crippen LogP contribution in [0.15, 0.2) is 126 Å². The topological polar surface area (TPSA) is 92.5 Å². The van der Waals surface area contributed by atoms with Gasteiger partial charge in [0.2, 0.25) is 11.6 Å². The molecular weight excluding hydrogens is 641 g/mol. The minimum atomic E-state index is -0.369. The van der Waals surface area contributed by atoms with Crippen molar-refractivity contribution in [3.05, 3.63) is 144 Å². The van der Waals surface area contributed by atoms with Gasteiger partial charge in [-0.25, -0.2) is 14.4 Å². The molecule has 1 unspecified atom stereocenters. The molecule has 2 aromatic heterocycles. The van der Waals surface area contributed by atoms with Crippen molar-refractivity contribution in [2.45, 2.75) is 12.6 Å². The number of hydrogen-bond donors (Lipinski definition) is 2. The van der Waals surface area contributed by atoms with Gasteiger partial charge in [0.05, 0.1) is 24.6 Å². The summed E-state index contributed by atoms with van der Waals surface area (Å²) in [7, 11) is 3.88. The van der Waals surface area contributed by atoms with Crippen molar-refractivity contribution in [1.29, 1.82) is 0 Å². The Morgan fingerprint density at radius 1 is 0.959 bits per heavy atom. The lowest BCUT2D eigenvalue weighted by Gasteiger charge is -2.21. The number of carbonyl (C=O) groups is 1. The average molecular weight is 676 g/mol. The molecule has 6 rings (SSSR count). The highest BCUT2D eigenvalue weighted by atomic mass is 35.5. The third-order valence-corrected chi connectivity index (χ3v) is 7.96. The number of rotatable bonds is 13. The van der Waals surface area contributed by atoms with Crippen molar-refractivity contribution in [2.24, 2.45) is 0 Å². The molecule has 0 aliphatic heterocycles. The number of ether oxygens (including phenoxy) is 1. The number of carbonyl (C=O) groups excluding carboxylic acids is 1. The van der Waals surface area contributed by atoms with E-state index in [0.717, 1.165) is 27.8 Å². The van der Waals surface area contributed by atoms with Crippen molar-refractivity contribution < 1.29 is 18.3 Å².